The van der Waals surface area contributed by atoms with Gasteiger partial charge >= 0.3 is 0 Å². The maximum atomic E-state index is 5.59. The number of nitrogens with zero attached hydrogens (tertiary/aromatic N) is 1. The SMILES string of the molecule is CCCNCc1occc1CN1CCSCC1C. The van der Waals surface area contributed by atoms with Crippen LogP contribution in [0.2, 0.25) is 0 Å². The zero-order valence-corrected chi connectivity index (χ0v) is 12.3. The van der Waals surface area contributed by atoms with Crippen molar-refractivity contribution in [3.05, 3.63) is 23.7 Å². The molecule has 1 aromatic heterocycles. The van der Waals surface area contributed by atoms with Crippen LogP contribution in [-0.2, 0) is 13.1 Å². The van der Waals surface area contributed by atoms with E-state index >= 15 is 0 Å². The van der Waals surface area contributed by atoms with Crippen LogP contribution < -0.4 is 5.32 Å². The Morgan fingerprint density at radius 3 is 3.22 bits per heavy atom. The van der Waals surface area contributed by atoms with Gasteiger partial charge in [0.2, 0.25) is 0 Å². The van der Waals surface area contributed by atoms with E-state index < -0.39 is 0 Å². The highest BCUT2D eigenvalue weighted by Gasteiger charge is 2.20. The molecule has 0 amide bonds. The lowest BCUT2D eigenvalue weighted by Crippen LogP contribution is -2.39. The zero-order chi connectivity index (χ0) is 12.8. The van der Waals surface area contributed by atoms with E-state index in [1.807, 2.05) is 6.26 Å². The van der Waals surface area contributed by atoms with Gasteiger partial charge in [-0.1, -0.05) is 6.92 Å². The molecule has 1 unspecified atom stereocenters. The summed E-state index contributed by atoms with van der Waals surface area (Å²) in [7, 11) is 0. The number of nitrogens with one attached hydrogen (secondary N) is 1. The molecule has 18 heavy (non-hydrogen) atoms. The van der Waals surface area contributed by atoms with Gasteiger partial charge in [-0.05, 0) is 26.0 Å². The Hall–Kier alpha value is -0.450. The monoisotopic (exact) mass is 268 g/mol. The van der Waals surface area contributed by atoms with Crippen molar-refractivity contribution in [2.24, 2.45) is 0 Å². The standard InChI is InChI=1S/C14H24N2OS/c1-3-5-15-9-14-13(4-7-17-14)10-16-6-8-18-11-12(16)2/h4,7,12,15H,3,5-6,8-11H2,1-2H3. The van der Waals surface area contributed by atoms with Gasteiger partial charge in [0.25, 0.3) is 0 Å². The van der Waals surface area contributed by atoms with Crippen molar-refractivity contribution in [1.82, 2.24) is 10.2 Å². The number of hydrogen-bond donors (Lipinski definition) is 1. The minimum atomic E-state index is 0.676. The Morgan fingerprint density at radius 1 is 1.56 bits per heavy atom. The topological polar surface area (TPSA) is 28.4 Å². The highest BCUT2D eigenvalue weighted by atomic mass is 32.2. The lowest BCUT2D eigenvalue weighted by Gasteiger charge is -2.32. The van der Waals surface area contributed by atoms with Crippen LogP contribution in [0.4, 0.5) is 0 Å². The Balaban J connectivity index is 1.90. The molecular weight excluding hydrogens is 244 g/mol. The molecule has 1 N–H and O–H groups in total. The van der Waals surface area contributed by atoms with Crippen LogP contribution in [0, 0.1) is 0 Å². The molecule has 0 spiro atoms. The third kappa shape index (κ3) is 3.77. The lowest BCUT2D eigenvalue weighted by molar-refractivity contribution is 0.222. The fourth-order valence-corrected chi connectivity index (χ4v) is 3.34. The van der Waals surface area contributed by atoms with Crippen molar-refractivity contribution in [2.75, 3.05) is 24.6 Å². The summed E-state index contributed by atoms with van der Waals surface area (Å²) in [5.74, 6) is 3.61. The van der Waals surface area contributed by atoms with E-state index in [2.05, 4.69) is 41.9 Å². The molecule has 0 aromatic carbocycles. The van der Waals surface area contributed by atoms with Gasteiger partial charge in [0.1, 0.15) is 5.76 Å². The molecule has 0 bridgehead atoms. The van der Waals surface area contributed by atoms with Crippen LogP contribution in [0.25, 0.3) is 0 Å². The summed E-state index contributed by atoms with van der Waals surface area (Å²) in [4.78, 5) is 2.56. The largest absolute Gasteiger partial charge is 0.468 e. The van der Waals surface area contributed by atoms with Crippen molar-refractivity contribution in [2.45, 2.75) is 39.4 Å². The molecule has 4 heteroatoms. The molecule has 0 aliphatic carbocycles. The Kier molecular flexibility index (Phi) is 5.60. The smallest absolute Gasteiger partial charge is 0.122 e. The minimum Gasteiger partial charge on any atom is -0.468 e. The van der Waals surface area contributed by atoms with Crippen molar-refractivity contribution >= 4 is 11.8 Å². The second kappa shape index (κ2) is 7.22. The summed E-state index contributed by atoms with van der Waals surface area (Å²) >= 11 is 2.06. The van der Waals surface area contributed by atoms with Crippen molar-refractivity contribution in [1.29, 1.82) is 0 Å². The maximum absolute atomic E-state index is 5.59. The van der Waals surface area contributed by atoms with Crippen LogP contribution >= 0.6 is 11.8 Å². The molecule has 2 heterocycles. The third-order valence-electron chi connectivity index (χ3n) is 3.43. The summed E-state index contributed by atoms with van der Waals surface area (Å²) in [5.41, 5.74) is 1.34. The van der Waals surface area contributed by atoms with Crippen LogP contribution in [-0.4, -0.2) is 35.5 Å². The number of furan rings is 1. The molecule has 1 atom stereocenters. The molecule has 3 nitrogen and oxygen atoms in total. The molecule has 1 fully saturated rings. The Labute approximate surface area is 114 Å². The minimum absolute atomic E-state index is 0.676. The van der Waals surface area contributed by atoms with Crippen molar-refractivity contribution in [3.63, 3.8) is 0 Å². The number of hydrogen-bond acceptors (Lipinski definition) is 4. The Bertz CT molecular complexity index is 353. The van der Waals surface area contributed by atoms with E-state index in [9.17, 15) is 0 Å². The van der Waals surface area contributed by atoms with Crippen molar-refractivity contribution in [3.8, 4) is 0 Å². The fraction of sp³-hybridized carbons (Fsp3) is 0.714. The normalized spacial score (nSPS) is 21.3. The van der Waals surface area contributed by atoms with Gasteiger partial charge in [-0.25, -0.2) is 0 Å². The second-order valence-corrected chi connectivity index (χ2v) is 6.09. The van der Waals surface area contributed by atoms with Crippen LogP contribution in [0.3, 0.4) is 0 Å². The molecule has 1 aliphatic heterocycles. The first-order valence-corrected chi connectivity index (χ1v) is 8.04. The molecule has 0 saturated carbocycles. The lowest BCUT2D eigenvalue weighted by atomic mass is 10.2. The summed E-state index contributed by atoms with van der Waals surface area (Å²) in [6, 6.07) is 2.80. The third-order valence-corrected chi connectivity index (χ3v) is 4.62. The molecule has 2 rings (SSSR count). The molecule has 0 radical (unpaired) electrons. The highest BCUT2D eigenvalue weighted by Crippen LogP contribution is 2.20. The molecule has 1 aromatic rings. The van der Waals surface area contributed by atoms with Crippen LogP contribution in [0.15, 0.2) is 16.7 Å². The van der Waals surface area contributed by atoms with E-state index in [0.29, 0.717) is 6.04 Å². The molecule has 1 saturated heterocycles. The molecule has 102 valence electrons. The summed E-state index contributed by atoms with van der Waals surface area (Å²) in [6.07, 6.45) is 2.98. The van der Waals surface area contributed by atoms with E-state index in [0.717, 1.165) is 31.8 Å². The number of thioether (sulfide) groups is 1. The van der Waals surface area contributed by atoms with Gasteiger partial charge < -0.3 is 9.73 Å². The predicted molar refractivity (Wildman–Crippen MR) is 77.9 cm³/mol. The summed E-state index contributed by atoms with van der Waals surface area (Å²) in [6.45, 7) is 8.63. The van der Waals surface area contributed by atoms with Crippen LogP contribution in [0.5, 0.6) is 0 Å². The average Bonchev–Trinajstić information content (AvgIpc) is 2.80. The maximum Gasteiger partial charge on any atom is 0.122 e. The summed E-state index contributed by atoms with van der Waals surface area (Å²) < 4.78 is 5.59. The van der Waals surface area contributed by atoms with Gasteiger partial charge in [0.05, 0.1) is 12.8 Å². The second-order valence-electron chi connectivity index (χ2n) is 4.94. The van der Waals surface area contributed by atoms with E-state index in [1.165, 1.54) is 23.6 Å². The zero-order valence-electron chi connectivity index (χ0n) is 11.4. The molecule has 1 aliphatic rings. The quantitative estimate of drug-likeness (QED) is 0.803. The van der Waals surface area contributed by atoms with Crippen LogP contribution in [0.1, 0.15) is 31.6 Å². The highest BCUT2D eigenvalue weighted by molar-refractivity contribution is 7.99. The Morgan fingerprint density at radius 2 is 2.44 bits per heavy atom. The van der Waals surface area contributed by atoms with E-state index in [-0.39, 0.29) is 0 Å². The van der Waals surface area contributed by atoms with Gasteiger partial charge in [0.15, 0.2) is 0 Å². The average molecular weight is 268 g/mol. The van der Waals surface area contributed by atoms with E-state index in [4.69, 9.17) is 4.42 Å². The van der Waals surface area contributed by atoms with Crippen molar-refractivity contribution < 1.29 is 4.42 Å². The number of rotatable bonds is 6. The van der Waals surface area contributed by atoms with Gasteiger partial charge in [-0.3, -0.25) is 4.90 Å². The molecular formula is C14H24N2OS. The first-order chi connectivity index (χ1) is 8.81. The predicted octanol–water partition coefficient (Wildman–Crippen LogP) is 2.72. The van der Waals surface area contributed by atoms with Gasteiger partial charge in [-0.15, -0.1) is 0 Å². The first-order valence-electron chi connectivity index (χ1n) is 6.89. The fourth-order valence-electron chi connectivity index (χ4n) is 2.26. The van der Waals surface area contributed by atoms with Gasteiger partial charge in [-0.2, -0.15) is 11.8 Å². The first kappa shape index (κ1) is 14.0. The summed E-state index contributed by atoms with van der Waals surface area (Å²) in [5, 5.41) is 3.41. The van der Waals surface area contributed by atoms with E-state index in [1.54, 1.807) is 0 Å². The van der Waals surface area contributed by atoms with Gasteiger partial charge in [0, 0.05) is 36.2 Å².